The highest BCUT2D eigenvalue weighted by Gasteiger charge is 2.15. The molecule has 5 nitrogen and oxygen atoms in total. The van der Waals surface area contributed by atoms with Crippen LogP contribution in [0.25, 0.3) is 10.2 Å². The lowest BCUT2D eigenvalue weighted by molar-refractivity contribution is -0.130. The number of amides is 1. The quantitative estimate of drug-likeness (QED) is 0.690. The monoisotopic (exact) mass is 368 g/mol. The Labute approximate surface area is 156 Å². The summed E-state index contributed by atoms with van der Waals surface area (Å²) in [6.07, 6.45) is 1.13. The molecule has 0 atom stereocenters. The predicted molar refractivity (Wildman–Crippen MR) is 102 cm³/mol. The molecule has 0 bridgehead atoms. The molecule has 26 heavy (non-hydrogen) atoms. The molecule has 1 aromatic heterocycles. The molecule has 6 heteroatoms. The van der Waals surface area contributed by atoms with E-state index in [0.29, 0.717) is 32.6 Å². The molecule has 2 aromatic carbocycles. The number of aryl methyl sites for hydroxylation is 1. The highest BCUT2D eigenvalue weighted by atomic mass is 32.1. The van der Waals surface area contributed by atoms with Crippen LogP contribution in [-0.4, -0.2) is 36.1 Å². The van der Waals surface area contributed by atoms with Gasteiger partial charge in [0.1, 0.15) is 13.2 Å². The average molecular weight is 368 g/mol. The average Bonchev–Trinajstić information content (AvgIpc) is 3.09. The summed E-state index contributed by atoms with van der Waals surface area (Å²) in [5.74, 6) is 1.63. The summed E-state index contributed by atoms with van der Waals surface area (Å²) in [6, 6.07) is 13.9. The van der Waals surface area contributed by atoms with Crippen molar-refractivity contribution in [2.45, 2.75) is 19.4 Å². The molecule has 0 saturated carbocycles. The first-order valence-electron chi connectivity index (χ1n) is 8.66. The maximum Gasteiger partial charge on any atom is 0.223 e. The van der Waals surface area contributed by atoms with Crippen molar-refractivity contribution < 1.29 is 14.3 Å². The first-order chi connectivity index (χ1) is 12.7. The topological polar surface area (TPSA) is 51.7 Å². The smallest absolute Gasteiger partial charge is 0.223 e. The van der Waals surface area contributed by atoms with Gasteiger partial charge in [-0.15, -0.1) is 11.3 Å². The Balaban J connectivity index is 1.35. The van der Waals surface area contributed by atoms with Crippen LogP contribution < -0.4 is 9.47 Å². The molecule has 2 heterocycles. The SMILES string of the molecule is CN(Cc1ccc2c(c1)OCCO2)C(=O)CCc1nc2ccccc2s1. The number of hydrogen-bond acceptors (Lipinski definition) is 5. The molecule has 1 aliphatic heterocycles. The van der Waals surface area contributed by atoms with Crippen LogP contribution in [-0.2, 0) is 17.8 Å². The minimum atomic E-state index is 0.110. The predicted octanol–water partition coefficient (Wildman–Crippen LogP) is 3.66. The van der Waals surface area contributed by atoms with Gasteiger partial charge in [0.05, 0.1) is 15.2 Å². The van der Waals surface area contributed by atoms with Crippen molar-refractivity contribution >= 4 is 27.5 Å². The van der Waals surface area contributed by atoms with Gasteiger partial charge in [-0.25, -0.2) is 4.98 Å². The van der Waals surface area contributed by atoms with Gasteiger partial charge in [-0.3, -0.25) is 4.79 Å². The fourth-order valence-electron chi connectivity index (χ4n) is 2.98. The Morgan fingerprint density at radius 3 is 2.81 bits per heavy atom. The maximum absolute atomic E-state index is 12.5. The first kappa shape index (κ1) is 16.8. The summed E-state index contributed by atoms with van der Waals surface area (Å²) < 4.78 is 12.3. The molecule has 4 rings (SSSR count). The minimum Gasteiger partial charge on any atom is -0.486 e. The molecule has 3 aromatic rings. The van der Waals surface area contributed by atoms with Gasteiger partial charge in [-0.1, -0.05) is 18.2 Å². The fourth-order valence-corrected chi connectivity index (χ4v) is 3.95. The molecular weight excluding hydrogens is 348 g/mol. The summed E-state index contributed by atoms with van der Waals surface area (Å²) in [5.41, 5.74) is 2.04. The van der Waals surface area contributed by atoms with Crippen molar-refractivity contribution in [3.63, 3.8) is 0 Å². The number of fused-ring (bicyclic) bond motifs is 2. The van der Waals surface area contributed by atoms with Gasteiger partial charge >= 0.3 is 0 Å². The number of carbonyl (C=O) groups excluding carboxylic acids is 1. The van der Waals surface area contributed by atoms with Crippen LogP contribution in [0.3, 0.4) is 0 Å². The highest BCUT2D eigenvalue weighted by Crippen LogP contribution is 2.31. The van der Waals surface area contributed by atoms with E-state index in [1.165, 1.54) is 4.70 Å². The van der Waals surface area contributed by atoms with Crippen LogP contribution in [0.5, 0.6) is 11.5 Å². The summed E-state index contributed by atoms with van der Waals surface area (Å²) >= 11 is 1.66. The molecule has 1 amide bonds. The summed E-state index contributed by atoms with van der Waals surface area (Å²) in [4.78, 5) is 18.8. The van der Waals surface area contributed by atoms with Crippen molar-refractivity contribution in [1.82, 2.24) is 9.88 Å². The lowest BCUT2D eigenvalue weighted by Crippen LogP contribution is -2.26. The Bertz CT molecular complexity index is 905. The van der Waals surface area contributed by atoms with Crippen LogP contribution in [0.4, 0.5) is 0 Å². The van der Waals surface area contributed by atoms with Crippen LogP contribution in [0.15, 0.2) is 42.5 Å². The Morgan fingerprint density at radius 1 is 1.15 bits per heavy atom. The maximum atomic E-state index is 12.5. The normalized spacial score (nSPS) is 13.0. The number of para-hydroxylation sites is 1. The van der Waals surface area contributed by atoms with Gasteiger partial charge in [0, 0.05) is 26.4 Å². The van der Waals surface area contributed by atoms with Crippen molar-refractivity contribution in [2.24, 2.45) is 0 Å². The van der Waals surface area contributed by atoms with Gasteiger partial charge in [0.15, 0.2) is 11.5 Å². The molecule has 0 N–H and O–H groups in total. The highest BCUT2D eigenvalue weighted by molar-refractivity contribution is 7.18. The van der Waals surface area contributed by atoms with E-state index in [0.717, 1.165) is 27.6 Å². The zero-order chi connectivity index (χ0) is 17.9. The van der Waals surface area contributed by atoms with E-state index in [-0.39, 0.29) is 5.91 Å². The van der Waals surface area contributed by atoms with E-state index in [1.807, 2.05) is 43.4 Å². The molecule has 0 unspecified atom stereocenters. The van der Waals surface area contributed by atoms with Crippen LogP contribution in [0.1, 0.15) is 17.0 Å². The number of benzene rings is 2. The number of carbonyl (C=O) groups is 1. The molecule has 0 radical (unpaired) electrons. The van der Waals surface area contributed by atoms with E-state index < -0.39 is 0 Å². The van der Waals surface area contributed by atoms with Crippen molar-refractivity contribution in [1.29, 1.82) is 0 Å². The Hall–Kier alpha value is -2.60. The molecule has 0 spiro atoms. The lowest BCUT2D eigenvalue weighted by Gasteiger charge is -2.21. The summed E-state index contributed by atoms with van der Waals surface area (Å²) in [6.45, 7) is 1.69. The second kappa shape index (κ2) is 7.33. The third-order valence-corrected chi connectivity index (χ3v) is 5.44. The molecule has 134 valence electrons. The number of rotatable bonds is 5. The molecule has 0 saturated heterocycles. The number of nitrogens with zero attached hydrogens (tertiary/aromatic N) is 2. The third-order valence-electron chi connectivity index (χ3n) is 4.34. The fraction of sp³-hybridized carbons (Fsp3) is 0.300. The zero-order valence-electron chi connectivity index (χ0n) is 14.6. The zero-order valence-corrected chi connectivity index (χ0v) is 15.4. The minimum absolute atomic E-state index is 0.110. The van der Waals surface area contributed by atoms with E-state index in [1.54, 1.807) is 16.2 Å². The second-order valence-electron chi connectivity index (χ2n) is 6.30. The lowest BCUT2D eigenvalue weighted by atomic mass is 10.1. The van der Waals surface area contributed by atoms with E-state index in [9.17, 15) is 4.79 Å². The van der Waals surface area contributed by atoms with Crippen LogP contribution in [0.2, 0.25) is 0 Å². The van der Waals surface area contributed by atoms with Gasteiger partial charge in [0.2, 0.25) is 5.91 Å². The van der Waals surface area contributed by atoms with E-state index in [2.05, 4.69) is 11.1 Å². The number of thiazole rings is 1. The number of hydrogen-bond donors (Lipinski definition) is 0. The van der Waals surface area contributed by atoms with Crippen LogP contribution in [0, 0.1) is 0 Å². The van der Waals surface area contributed by atoms with Crippen molar-refractivity contribution in [2.75, 3.05) is 20.3 Å². The van der Waals surface area contributed by atoms with Crippen molar-refractivity contribution in [3.05, 3.63) is 53.0 Å². The van der Waals surface area contributed by atoms with Gasteiger partial charge in [-0.05, 0) is 29.8 Å². The molecule has 0 fully saturated rings. The molecule has 0 aliphatic carbocycles. The Kier molecular flexibility index (Phi) is 4.75. The standard InChI is InChI=1S/C20H20N2O3S/c1-22(13-14-6-7-16-17(12-14)25-11-10-24-16)20(23)9-8-19-21-15-4-2-3-5-18(15)26-19/h2-7,12H,8-11,13H2,1H3. The first-order valence-corrected chi connectivity index (χ1v) is 9.47. The second-order valence-corrected chi connectivity index (χ2v) is 7.42. The number of ether oxygens (including phenoxy) is 2. The van der Waals surface area contributed by atoms with E-state index >= 15 is 0 Å². The Morgan fingerprint density at radius 2 is 1.96 bits per heavy atom. The molecular formula is C20H20N2O3S. The molecule has 1 aliphatic rings. The van der Waals surface area contributed by atoms with Gasteiger partial charge < -0.3 is 14.4 Å². The van der Waals surface area contributed by atoms with E-state index in [4.69, 9.17) is 9.47 Å². The third kappa shape index (κ3) is 3.65. The van der Waals surface area contributed by atoms with Gasteiger partial charge in [0.25, 0.3) is 0 Å². The summed E-state index contributed by atoms with van der Waals surface area (Å²) in [5, 5.41) is 1.01. The number of aromatic nitrogens is 1. The summed E-state index contributed by atoms with van der Waals surface area (Å²) in [7, 11) is 1.83. The largest absolute Gasteiger partial charge is 0.486 e. The van der Waals surface area contributed by atoms with Gasteiger partial charge in [-0.2, -0.15) is 0 Å². The van der Waals surface area contributed by atoms with Crippen molar-refractivity contribution in [3.8, 4) is 11.5 Å². The van der Waals surface area contributed by atoms with Crippen LogP contribution >= 0.6 is 11.3 Å².